The molecule has 1 aliphatic rings. The maximum atomic E-state index is 11.9. The van der Waals surface area contributed by atoms with Crippen LogP contribution in [-0.4, -0.2) is 32.5 Å². The Balaban J connectivity index is 2.19. The lowest BCUT2D eigenvalue weighted by Gasteiger charge is -2.24. The Hall–Kier alpha value is -2.09. The van der Waals surface area contributed by atoms with Crippen molar-refractivity contribution < 1.29 is 22.7 Å². The molecular weight excluding hydrogens is 356 g/mol. The summed E-state index contributed by atoms with van der Waals surface area (Å²) in [4.78, 5) is 23.5. The van der Waals surface area contributed by atoms with Gasteiger partial charge in [-0.3, -0.25) is 14.3 Å². The van der Waals surface area contributed by atoms with Gasteiger partial charge in [0.2, 0.25) is 15.8 Å². The van der Waals surface area contributed by atoms with Gasteiger partial charge in [-0.1, -0.05) is 13.3 Å². The number of Topliss-reactive ketones (excluding diaryl/α,β-unsaturated/α-hetero) is 1. The highest BCUT2D eigenvalue weighted by Gasteiger charge is 2.19. The Bertz CT molecular complexity index is 755. The zero-order chi connectivity index (χ0) is 19.2. The van der Waals surface area contributed by atoms with E-state index in [-0.39, 0.29) is 18.2 Å². The first kappa shape index (κ1) is 20.2. The van der Waals surface area contributed by atoms with Crippen molar-refractivity contribution in [1.82, 2.24) is 0 Å². The van der Waals surface area contributed by atoms with Gasteiger partial charge in [-0.25, -0.2) is 8.42 Å². The van der Waals surface area contributed by atoms with Crippen LogP contribution in [0.3, 0.4) is 0 Å². The Labute approximate surface area is 154 Å². The van der Waals surface area contributed by atoms with E-state index in [1.54, 1.807) is 12.1 Å². The molecule has 1 aliphatic carbocycles. The van der Waals surface area contributed by atoms with Gasteiger partial charge in [0.05, 0.1) is 18.0 Å². The first-order valence-corrected chi connectivity index (χ1v) is 10.8. The van der Waals surface area contributed by atoms with Gasteiger partial charge >= 0.3 is 0 Å². The molecule has 2 N–H and O–H groups in total. The summed E-state index contributed by atoms with van der Waals surface area (Å²) in [5.41, 5.74) is 0.584. The quantitative estimate of drug-likeness (QED) is 0.673. The maximum Gasteiger partial charge on any atom is 0.291 e. The summed E-state index contributed by atoms with van der Waals surface area (Å²) in [7, 11) is -3.52. The van der Waals surface area contributed by atoms with Crippen LogP contribution >= 0.6 is 0 Å². The Kier molecular flexibility index (Phi) is 7.02. The van der Waals surface area contributed by atoms with Crippen molar-refractivity contribution in [3.8, 4) is 5.75 Å². The van der Waals surface area contributed by atoms with Gasteiger partial charge in [-0.2, -0.15) is 0 Å². The average Bonchev–Trinajstić information content (AvgIpc) is 2.57. The van der Waals surface area contributed by atoms with Gasteiger partial charge in [-0.05, 0) is 50.3 Å². The third kappa shape index (κ3) is 6.33. The maximum absolute atomic E-state index is 11.9. The fourth-order valence-electron chi connectivity index (χ4n) is 2.89. The molecule has 0 saturated heterocycles. The van der Waals surface area contributed by atoms with E-state index in [9.17, 15) is 18.0 Å². The highest BCUT2D eigenvalue weighted by Crippen LogP contribution is 2.32. The van der Waals surface area contributed by atoms with Crippen LogP contribution in [0, 0.1) is 0 Å². The molecule has 8 heteroatoms. The second-order valence-electron chi connectivity index (χ2n) is 6.59. The predicted molar refractivity (Wildman–Crippen MR) is 101 cm³/mol. The number of anilines is 2. The van der Waals surface area contributed by atoms with Gasteiger partial charge < -0.3 is 10.1 Å². The molecule has 26 heavy (non-hydrogen) atoms. The van der Waals surface area contributed by atoms with Crippen molar-refractivity contribution in [3.05, 3.63) is 18.2 Å². The van der Waals surface area contributed by atoms with Crippen LogP contribution in [-0.2, 0) is 19.6 Å². The third-order valence-corrected chi connectivity index (χ3v) is 4.70. The number of benzene rings is 1. The number of ketones is 1. The molecule has 0 bridgehead atoms. The largest absolute Gasteiger partial charge is 0.488 e. The van der Waals surface area contributed by atoms with E-state index in [0.717, 1.165) is 31.9 Å². The molecule has 0 radical (unpaired) electrons. The molecule has 2 rings (SSSR count). The van der Waals surface area contributed by atoms with Crippen LogP contribution in [0.15, 0.2) is 18.2 Å². The summed E-state index contributed by atoms with van der Waals surface area (Å²) in [6.07, 6.45) is 7.09. The highest BCUT2D eigenvalue weighted by molar-refractivity contribution is 7.92. The van der Waals surface area contributed by atoms with E-state index in [0.29, 0.717) is 17.9 Å². The second-order valence-corrected chi connectivity index (χ2v) is 8.34. The number of sulfonamides is 1. The minimum Gasteiger partial charge on any atom is -0.488 e. The molecule has 7 nitrogen and oxygen atoms in total. The SMILES string of the molecule is CCCC(=O)C(=O)Nc1ccc(OC2CCCCC2)c(NS(C)(=O)=O)c1. The molecule has 0 unspecified atom stereocenters. The number of carbonyl (C=O) groups excluding carboxylic acids is 2. The van der Waals surface area contributed by atoms with Crippen molar-refractivity contribution in [2.75, 3.05) is 16.3 Å². The van der Waals surface area contributed by atoms with Crippen LogP contribution in [0.4, 0.5) is 11.4 Å². The zero-order valence-corrected chi connectivity index (χ0v) is 16.0. The number of amides is 1. The molecule has 1 aromatic carbocycles. The van der Waals surface area contributed by atoms with Crippen molar-refractivity contribution in [2.24, 2.45) is 0 Å². The topological polar surface area (TPSA) is 102 Å². The van der Waals surface area contributed by atoms with Crippen LogP contribution in [0.5, 0.6) is 5.75 Å². The molecule has 1 aromatic rings. The minimum atomic E-state index is -3.52. The van der Waals surface area contributed by atoms with Gasteiger partial charge in [0.1, 0.15) is 5.75 Å². The second kappa shape index (κ2) is 9.02. The number of hydrogen-bond donors (Lipinski definition) is 2. The minimum absolute atomic E-state index is 0.0513. The fourth-order valence-corrected chi connectivity index (χ4v) is 3.45. The van der Waals surface area contributed by atoms with E-state index < -0.39 is 21.7 Å². The number of nitrogens with one attached hydrogen (secondary N) is 2. The van der Waals surface area contributed by atoms with Gasteiger partial charge in [0, 0.05) is 12.1 Å². The van der Waals surface area contributed by atoms with Gasteiger partial charge in [0.25, 0.3) is 5.91 Å². The summed E-state index contributed by atoms with van der Waals surface area (Å²) in [5, 5.41) is 2.50. The molecule has 1 fully saturated rings. The molecule has 0 atom stereocenters. The highest BCUT2D eigenvalue weighted by atomic mass is 32.2. The van der Waals surface area contributed by atoms with Crippen molar-refractivity contribution in [1.29, 1.82) is 0 Å². The number of carbonyl (C=O) groups is 2. The molecule has 1 amide bonds. The zero-order valence-electron chi connectivity index (χ0n) is 15.2. The van der Waals surface area contributed by atoms with E-state index in [1.807, 2.05) is 6.92 Å². The monoisotopic (exact) mass is 382 g/mol. The summed E-state index contributed by atoms with van der Waals surface area (Å²) in [5.74, 6) is -0.800. The number of ether oxygens (including phenoxy) is 1. The average molecular weight is 382 g/mol. The van der Waals surface area contributed by atoms with E-state index in [2.05, 4.69) is 10.0 Å². The van der Waals surface area contributed by atoms with E-state index >= 15 is 0 Å². The lowest BCUT2D eigenvalue weighted by molar-refractivity contribution is -0.134. The smallest absolute Gasteiger partial charge is 0.291 e. The lowest BCUT2D eigenvalue weighted by atomic mass is 9.98. The molecule has 0 heterocycles. The van der Waals surface area contributed by atoms with E-state index in [4.69, 9.17) is 4.74 Å². The molecule has 0 aromatic heterocycles. The summed E-state index contributed by atoms with van der Waals surface area (Å²) in [6, 6.07) is 4.68. The summed E-state index contributed by atoms with van der Waals surface area (Å²) >= 11 is 0. The van der Waals surface area contributed by atoms with E-state index in [1.165, 1.54) is 12.5 Å². The number of hydrogen-bond acceptors (Lipinski definition) is 5. The first-order chi connectivity index (χ1) is 12.3. The predicted octanol–water partition coefficient (Wildman–Crippen LogP) is 3.08. The Morgan fingerprint density at radius 3 is 2.50 bits per heavy atom. The molecule has 0 aliphatic heterocycles. The van der Waals surface area contributed by atoms with Crippen LogP contribution in [0.1, 0.15) is 51.9 Å². The van der Waals surface area contributed by atoms with Crippen LogP contribution in [0.25, 0.3) is 0 Å². The Morgan fingerprint density at radius 1 is 1.19 bits per heavy atom. The summed E-state index contributed by atoms with van der Waals surface area (Å²) < 4.78 is 31.7. The standard InChI is InChI=1S/C18H26N2O5S/c1-3-7-16(21)18(22)19-13-10-11-17(15(12-13)20-26(2,23)24)25-14-8-5-4-6-9-14/h10-12,14,20H,3-9H2,1-2H3,(H,19,22). The van der Waals surface area contributed by atoms with Gasteiger partial charge in [-0.15, -0.1) is 0 Å². The Morgan fingerprint density at radius 2 is 1.88 bits per heavy atom. The normalized spacial score (nSPS) is 15.3. The van der Waals surface area contributed by atoms with Crippen LogP contribution < -0.4 is 14.8 Å². The number of rotatable bonds is 8. The van der Waals surface area contributed by atoms with Crippen molar-refractivity contribution >= 4 is 33.1 Å². The molecule has 144 valence electrons. The third-order valence-electron chi connectivity index (χ3n) is 4.11. The van der Waals surface area contributed by atoms with Gasteiger partial charge in [0.15, 0.2) is 0 Å². The molecular formula is C18H26N2O5S. The fraction of sp³-hybridized carbons (Fsp3) is 0.556. The van der Waals surface area contributed by atoms with Crippen LogP contribution in [0.2, 0.25) is 0 Å². The molecule has 1 saturated carbocycles. The summed E-state index contributed by atoms with van der Waals surface area (Å²) in [6.45, 7) is 1.82. The lowest BCUT2D eigenvalue weighted by Crippen LogP contribution is -2.23. The first-order valence-electron chi connectivity index (χ1n) is 8.91. The van der Waals surface area contributed by atoms with Crippen molar-refractivity contribution in [2.45, 2.75) is 58.0 Å². The van der Waals surface area contributed by atoms with Crippen molar-refractivity contribution in [3.63, 3.8) is 0 Å². The molecule has 0 spiro atoms.